The summed E-state index contributed by atoms with van der Waals surface area (Å²) in [6.45, 7) is 2.18. The summed E-state index contributed by atoms with van der Waals surface area (Å²) in [6.07, 6.45) is 3.78. The number of aryl methyl sites for hydroxylation is 3. The van der Waals surface area contributed by atoms with Crippen LogP contribution in [0.4, 0.5) is 0 Å². The molecule has 2 heteroatoms. The van der Waals surface area contributed by atoms with Gasteiger partial charge >= 0.3 is 0 Å². The fourth-order valence-electron chi connectivity index (χ4n) is 3.20. The van der Waals surface area contributed by atoms with Crippen molar-refractivity contribution in [3.05, 3.63) is 68.7 Å². The molecule has 1 aliphatic carbocycles. The van der Waals surface area contributed by atoms with Gasteiger partial charge in [0.2, 0.25) is 0 Å². The van der Waals surface area contributed by atoms with E-state index in [2.05, 4.69) is 64.6 Å². The van der Waals surface area contributed by atoms with Crippen LogP contribution < -0.4 is 5.32 Å². The van der Waals surface area contributed by atoms with Crippen molar-refractivity contribution >= 4 is 15.9 Å². The van der Waals surface area contributed by atoms with Crippen LogP contribution in [0.25, 0.3) is 0 Å². The highest BCUT2D eigenvalue weighted by Crippen LogP contribution is 2.30. The number of benzene rings is 2. The van der Waals surface area contributed by atoms with Crippen molar-refractivity contribution in [2.75, 3.05) is 7.05 Å². The van der Waals surface area contributed by atoms with Gasteiger partial charge in [-0.1, -0.05) is 40.2 Å². The second-order valence-corrected chi connectivity index (χ2v) is 6.52. The number of rotatable bonds is 3. The van der Waals surface area contributed by atoms with Crippen LogP contribution in [0.2, 0.25) is 0 Å². The van der Waals surface area contributed by atoms with Crippen LogP contribution in [-0.4, -0.2) is 7.05 Å². The van der Waals surface area contributed by atoms with Crippen molar-refractivity contribution in [2.45, 2.75) is 32.2 Å². The molecule has 0 saturated carbocycles. The van der Waals surface area contributed by atoms with E-state index in [1.165, 1.54) is 47.1 Å². The third-order valence-electron chi connectivity index (χ3n) is 4.30. The molecule has 0 fully saturated rings. The Labute approximate surface area is 129 Å². The molecule has 1 N–H and O–H groups in total. The molecular weight excluding hydrogens is 310 g/mol. The molecule has 0 aromatic heterocycles. The quantitative estimate of drug-likeness (QED) is 0.870. The minimum Gasteiger partial charge on any atom is -0.309 e. The molecule has 3 rings (SSSR count). The molecule has 0 heterocycles. The predicted octanol–water partition coefficient (Wildman–Crippen LogP) is 4.56. The second-order valence-electron chi connectivity index (χ2n) is 5.60. The van der Waals surface area contributed by atoms with Crippen LogP contribution in [0.5, 0.6) is 0 Å². The Balaban J connectivity index is 2.03. The minimum atomic E-state index is 0.262. The molecule has 104 valence electrons. The van der Waals surface area contributed by atoms with Gasteiger partial charge in [0.25, 0.3) is 0 Å². The predicted molar refractivity (Wildman–Crippen MR) is 88.2 cm³/mol. The first-order chi connectivity index (χ1) is 9.69. The van der Waals surface area contributed by atoms with Gasteiger partial charge in [-0.15, -0.1) is 0 Å². The average Bonchev–Trinajstić information content (AvgIpc) is 2.91. The molecule has 0 radical (unpaired) electrons. The average molecular weight is 330 g/mol. The number of hydrogen-bond donors (Lipinski definition) is 1. The Hall–Kier alpha value is -1.12. The standard InChI is InChI=1S/C18H20BrN/c1-12-6-9-16(19)11-17(12)18(20-2)15-8-7-13-4-3-5-14(13)10-15/h6-11,18,20H,3-5H2,1-2H3. The first-order valence-electron chi connectivity index (χ1n) is 7.24. The van der Waals surface area contributed by atoms with Gasteiger partial charge in [0.15, 0.2) is 0 Å². The van der Waals surface area contributed by atoms with E-state index < -0.39 is 0 Å². The van der Waals surface area contributed by atoms with E-state index in [0.29, 0.717) is 0 Å². The van der Waals surface area contributed by atoms with Crippen molar-refractivity contribution in [3.63, 3.8) is 0 Å². The van der Waals surface area contributed by atoms with Crippen LogP contribution in [0.1, 0.15) is 40.3 Å². The molecular formula is C18H20BrN. The lowest BCUT2D eigenvalue weighted by atomic mass is 9.93. The molecule has 1 atom stereocenters. The Morgan fingerprint density at radius 1 is 1.05 bits per heavy atom. The van der Waals surface area contributed by atoms with Gasteiger partial charge in [-0.05, 0) is 73.2 Å². The smallest absolute Gasteiger partial charge is 0.0577 e. The van der Waals surface area contributed by atoms with Crippen molar-refractivity contribution in [3.8, 4) is 0 Å². The summed E-state index contributed by atoms with van der Waals surface area (Å²) in [4.78, 5) is 0. The molecule has 0 amide bonds. The van der Waals surface area contributed by atoms with Gasteiger partial charge in [-0.2, -0.15) is 0 Å². The van der Waals surface area contributed by atoms with Crippen LogP contribution in [-0.2, 0) is 12.8 Å². The van der Waals surface area contributed by atoms with Crippen LogP contribution in [0.15, 0.2) is 40.9 Å². The largest absolute Gasteiger partial charge is 0.309 e. The molecule has 0 aliphatic heterocycles. The summed E-state index contributed by atoms with van der Waals surface area (Å²) in [6, 6.07) is 13.8. The first kappa shape index (κ1) is 13.8. The summed E-state index contributed by atoms with van der Waals surface area (Å²) >= 11 is 3.59. The summed E-state index contributed by atoms with van der Waals surface area (Å²) in [5.74, 6) is 0. The van der Waals surface area contributed by atoms with Gasteiger partial charge in [0, 0.05) is 4.47 Å². The van der Waals surface area contributed by atoms with E-state index in [1.807, 2.05) is 7.05 Å². The summed E-state index contributed by atoms with van der Waals surface area (Å²) in [5, 5.41) is 3.47. The highest BCUT2D eigenvalue weighted by Gasteiger charge is 2.18. The van der Waals surface area contributed by atoms with Gasteiger partial charge < -0.3 is 5.32 Å². The summed E-state index contributed by atoms with van der Waals surface area (Å²) < 4.78 is 1.14. The van der Waals surface area contributed by atoms with E-state index in [9.17, 15) is 0 Å². The lowest BCUT2D eigenvalue weighted by Crippen LogP contribution is -2.19. The highest BCUT2D eigenvalue weighted by atomic mass is 79.9. The van der Waals surface area contributed by atoms with Gasteiger partial charge in [0.05, 0.1) is 6.04 Å². The fourth-order valence-corrected chi connectivity index (χ4v) is 3.57. The Morgan fingerprint density at radius 2 is 1.85 bits per heavy atom. The third kappa shape index (κ3) is 2.55. The van der Waals surface area contributed by atoms with E-state index in [4.69, 9.17) is 0 Å². The van der Waals surface area contributed by atoms with Crippen LogP contribution in [0.3, 0.4) is 0 Å². The van der Waals surface area contributed by atoms with Crippen LogP contribution in [0, 0.1) is 6.92 Å². The molecule has 0 spiro atoms. The van der Waals surface area contributed by atoms with E-state index in [-0.39, 0.29) is 6.04 Å². The monoisotopic (exact) mass is 329 g/mol. The molecule has 2 aromatic carbocycles. The second kappa shape index (κ2) is 5.71. The maximum Gasteiger partial charge on any atom is 0.0577 e. The lowest BCUT2D eigenvalue weighted by Gasteiger charge is -2.20. The first-order valence-corrected chi connectivity index (χ1v) is 8.03. The number of halogens is 1. The highest BCUT2D eigenvalue weighted by molar-refractivity contribution is 9.10. The molecule has 20 heavy (non-hydrogen) atoms. The number of nitrogens with one attached hydrogen (secondary N) is 1. The Kier molecular flexibility index (Phi) is 3.95. The Morgan fingerprint density at radius 3 is 2.65 bits per heavy atom. The SMILES string of the molecule is CNC(c1ccc2c(c1)CCC2)c1cc(Br)ccc1C. The third-order valence-corrected chi connectivity index (χ3v) is 4.79. The van der Waals surface area contributed by atoms with Crippen LogP contribution >= 0.6 is 15.9 Å². The molecule has 1 aliphatic rings. The van der Waals surface area contributed by atoms with Crippen molar-refractivity contribution < 1.29 is 0 Å². The number of hydrogen-bond acceptors (Lipinski definition) is 1. The van der Waals surface area contributed by atoms with Crippen molar-refractivity contribution in [2.24, 2.45) is 0 Å². The van der Waals surface area contributed by atoms with E-state index >= 15 is 0 Å². The zero-order valence-electron chi connectivity index (χ0n) is 12.0. The van der Waals surface area contributed by atoms with E-state index in [0.717, 1.165) is 4.47 Å². The summed E-state index contributed by atoms with van der Waals surface area (Å²) in [5.41, 5.74) is 7.12. The Bertz CT molecular complexity index is 633. The zero-order valence-corrected chi connectivity index (χ0v) is 13.6. The van der Waals surface area contributed by atoms with Gasteiger partial charge in [-0.3, -0.25) is 0 Å². The van der Waals surface area contributed by atoms with Gasteiger partial charge in [0.1, 0.15) is 0 Å². The number of fused-ring (bicyclic) bond motifs is 1. The maximum absolute atomic E-state index is 3.59. The zero-order chi connectivity index (χ0) is 14.1. The fraction of sp³-hybridized carbons (Fsp3) is 0.333. The van der Waals surface area contributed by atoms with Crippen molar-refractivity contribution in [1.82, 2.24) is 5.32 Å². The normalized spacial score (nSPS) is 15.2. The van der Waals surface area contributed by atoms with Gasteiger partial charge in [-0.25, -0.2) is 0 Å². The van der Waals surface area contributed by atoms with Crippen molar-refractivity contribution in [1.29, 1.82) is 0 Å². The molecule has 2 aromatic rings. The topological polar surface area (TPSA) is 12.0 Å². The minimum absolute atomic E-state index is 0.262. The molecule has 1 unspecified atom stereocenters. The van der Waals surface area contributed by atoms with E-state index in [1.54, 1.807) is 0 Å². The lowest BCUT2D eigenvalue weighted by molar-refractivity contribution is 0.686. The molecule has 0 bridgehead atoms. The summed E-state index contributed by atoms with van der Waals surface area (Å²) in [7, 11) is 2.04. The molecule has 1 nitrogen and oxygen atoms in total. The maximum atomic E-state index is 3.59. The molecule has 0 saturated heterocycles.